The highest BCUT2D eigenvalue weighted by atomic mass is 127. The van der Waals surface area contributed by atoms with Crippen molar-refractivity contribution in [3.8, 4) is 0 Å². The van der Waals surface area contributed by atoms with Gasteiger partial charge in [0.2, 0.25) is 5.95 Å². The third-order valence-electron chi connectivity index (χ3n) is 4.39. The number of hydrogen-bond acceptors (Lipinski definition) is 1. The van der Waals surface area contributed by atoms with Gasteiger partial charge < -0.3 is 0 Å². The molecule has 1 atom stereocenters. The molecule has 0 bridgehead atoms. The molecular weight excluding hydrogens is 378 g/mol. The minimum absolute atomic E-state index is 0.147. The Hall–Kier alpha value is -0.130. The quantitative estimate of drug-likeness (QED) is 0.333. The summed E-state index contributed by atoms with van der Waals surface area (Å²) in [5, 5.41) is 4.48. The summed E-state index contributed by atoms with van der Waals surface area (Å²) >= 11 is 2.13. The molecule has 0 aliphatic rings. The van der Waals surface area contributed by atoms with E-state index in [2.05, 4.69) is 48.5 Å². The van der Waals surface area contributed by atoms with Gasteiger partial charge in [-0.15, -0.1) is 0 Å². The molecule has 0 aromatic carbocycles. The minimum atomic E-state index is -0.180. The molecule has 122 valence electrons. The first-order chi connectivity index (χ1) is 9.96. The molecule has 4 heteroatoms. The van der Waals surface area contributed by atoms with Gasteiger partial charge in [0, 0.05) is 5.56 Å². The molecule has 0 amide bonds. The summed E-state index contributed by atoms with van der Waals surface area (Å²) in [6.07, 6.45) is 10.6. The normalized spacial score (nSPS) is 14.4. The maximum Gasteiger partial charge on any atom is 0.216 e. The van der Waals surface area contributed by atoms with E-state index in [0.29, 0.717) is 5.56 Å². The number of aromatic nitrogens is 2. The van der Waals surface area contributed by atoms with E-state index in [4.69, 9.17) is 0 Å². The van der Waals surface area contributed by atoms with Crippen molar-refractivity contribution in [1.29, 1.82) is 0 Å². The second-order valence-electron chi connectivity index (χ2n) is 6.38. The monoisotopic (exact) mass is 408 g/mol. The van der Waals surface area contributed by atoms with Gasteiger partial charge >= 0.3 is 0 Å². The topological polar surface area (TPSA) is 17.8 Å². The van der Waals surface area contributed by atoms with Crippen LogP contribution in [0.4, 0.5) is 4.39 Å². The van der Waals surface area contributed by atoms with E-state index in [0.717, 1.165) is 35.8 Å². The van der Waals surface area contributed by atoms with Crippen molar-refractivity contribution < 1.29 is 4.39 Å². The number of halogens is 2. The van der Waals surface area contributed by atoms with E-state index in [-0.39, 0.29) is 11.5 Å². The number of rotatable bonds is 10. The van der Waals surface area contributed by atoms with Gasteiger partial charge in [-0.1, -0.05) is 58.8 Å². The molecule has 0 aliphatic heterocycles. The Balaban J connectivity index is 2.79. The predicted octanol–water partition coefficient (Wildman–Crippen LogP) is 6.20. The molecular formula is C17H30FIN2. The summed E-state index contributed by atoms with van der Waals surface area (Å²) in [4.78, 5) is 0. The van der Waals surface area contributed by atoms with Crippen LogP contribution in [0, 0.1) is 16.6 Å². The zero-order chi connectivity index (χ0) is 15.9. The highest BCUT2D eigenvalue weighted by molar-refractivity contribution is 14.1. The van der Waals surface area contributed by atoms with Crippen LogP contribution in [-0.2, 0) is 5.54 Å². The second-order valence-corrected chi connectivity index (χ2v) is 7.40. The maximum atomic E-state index is 14.5. The first-order valence-corrected chi connectivity index (χ1v) is 9.45. The van der Waals surface area contributed by atoms with Crippen LogP contribution >= 0.6 is 22.6 Å². The Morgan fingerprint density at radius 2 is 1.62 bits per heavy atom. The zero-order valence-electron chi connectivity index (χ0n) is 14.0. The van der Waals surface area contributed by atoms with E-state index in [1.165, 1.54) is 25.7 Å². The van der Waals surface area contributed by atoms with E-state index in [1.807, 2.05) is 6.92 Å². The van der Waals surface area contributed by atoms with Crippen LogP contribution in [0.15, 0.2) is 0 Å². The first kappa shape index (κ1) is 18.9. The molecule has 0 fully saturated rings. The summed E-state index contributed by atoms with van der Waals surface area (Å²) in [5.41, 5.74) is 0.504. The molecule has 0 saturated carbocycles. The second kappa shape index (κ2) is 9.11. The van der Waals surface area contributed by atoms with Crippen LogP contribution in [0.5, 0.6) is 0 Å². The van der Waals surface area contributed by atoms with Gasteiger partial charge in [-0.05, 0) is 49.3 Å². The average molecular weight is 408 g/mol. The van der Waals surface area contributed by atoms with Crippen LogP contribution < -0.4 is 0 Å². The van der Waals surface area contributed by atoms with Crippen LogP contribution in [0.2, 0.25) is 0 Å². The van der Waals surface area contributed by atoms with Gasteiger partial charge in [0.05, 0.1) is 5.54 Å². The van der Waals surface area contributed by atoms with Gasteiger partial charge in [0.1, 0.15) is 3.70 Å². The Bertz CT molecular complexity index is 431. The van der Waals surface area contributed by atoms with E-state index in [1.54, 1.807) is 4.68 Å². The van der Waals surface area contributed by atoms with Gasteiger partial charge in [-0.3, -0.25) is 0 Å². The number of unbranched alkanes of at least 4 members (excludes halogenated alkanes) is 5. The van der Waals surface area contributed by atoms with Gasteiger partial charge in [-0.2, -0.15) is 9.49 Å². The lowest BCUT2D eigenvalue weighted by molar-refractivity contribution is 0.199. The van der Waals surface area contributed by atoms with Crippen molar-refractivity contribution in [2.24, 2.45) is 0 Å². The number of nitrogens with zero attached hydrogens (tertiary/aromatic N) is 2. The van der Waals surface area contributed by atoms with Gasteiger partial charge in [0.25, 0.3) is 0 Å². The van der Waals surface area contributed by atoms with Crippen molar-refractivity contribution in [2.75, 3.05) is 0 Å². The fraction of sp³-hybridized carbons (Fsp3) is 0.824. The van der Waals surface area contributed by atoms with Crippen molar-refractivity contribution in [1.82, 2.24) is 9.78 Å². The summed E-state index contributed by atoms with van der Waals surface area (Å²) in [7, 11) is 0. The molecule has 0 aliphatic carbocycles. The van der Waals surface area contributed by atoms with E-state index < -0.39 is 0 Å². The fourth-order valence-electron chi connectivity index (χ4n) is 2.81. The summed E-state index contributed by atoms with van der Waals surface area (Å²) in [5.74, 6) is -0.147. The third kappa shape index (κ3) is 5.22. The van der Waals surface area contributed by atoms with Gasteiger partial charge in [0.15, 0.2) is 0 Å². The maximum absolute atomic E-state index is 14.5. The minimum Gasteiger partial charge on any atom is -0.232 e. The predicted molar refractivity (Wildman–Crippen MR) is 96.2 cm³/mol. The van der Waals surface area contributed by atoms with Crippen molar-refractivity contribution in [3.63, 3.8) is 0 Å². The molecule has 0 spiro atoms. The molecule has 1 heterocycles. The Morgan fingerprint density at radius 1 is 1.05 bits per heavy atom. The Morgan fingerprint density at radius 3 is 2.14 bits per heavy atom. The van der Waals surface area contributed by atoms with Crippen molar-refractivity contribution >= 4 is 22.6 Å². The average Bonchev–Trinajstić information content (AvgIpc) is 2.73. The fourth-order valence-corrected chi connectivity index (χ4v) is 3.25. The smallest absolute Gasteiger partial charge is 0.216 e. The highest BCUT2D eigenvalue weighted by Crippen LogP contribution is 2.32. The molecule has 1 aromatic heterocycles. The number of hydrogen-bond donors (Lipinski definition) is 0. The van der Waals surface area contributed by atoms with Crippen molar-refractivity contribution in [2.45, 2.75) is 91.0 Å². The summed E-state index contributed by atoms with van der Waals surface area (Å²) in [6.45, 7) is 8.42. The van der Waals surface area contributed by atoms with E-state index in [9.17, 15) is 4.39 Å². The molecule has 0 saturated heterocycles. The molecule has 0 N–H and O–H groups in total. The lowest BCUT2D eigenvalue weighted by Gasteiger charge is -2.30. The SMILES string of the molecule is CCCCCCCC(C)(CCCC)n1nc(I)c(C)c1F. The van der Waals surface area contributed by atoms with Gasteiger partial charge in [-0.25, -0.2) is 4.68 Å². The van der Waals surface area contributed by atoms with Crippen LogP contribution in [-0.4, -0.2) is 9.78 Å². The standard InChI is InChI=1S/C17H30FIN2/c1-5-7-9-10-11-13-17(4,12-8-6-2)21-15(18)14(3)16(19)20-21/h5-13H2,1-4H3. The van der Waals surface area contributed by atoms with Crippen LogP contribution in [0.25, 0.3) is 0 Å². The molecule has 0 radical (unpaired) electrons. The summed E-state index contributed by atoms with van der Waals surface area (Å²) in [6, 6.07) is 0. The summed E-state index contributed by atoms with van der Waals surface area (Å²) < 4.78 is 16.9. The van der Waals surface area contributed by atoms with Crippen LogP contribution in [0.1, 0.15) is 84.1 Å². The van der Waals surface area contributed by atoms with Crippen molar-refractivity contribution in [3.05, 3.63) is 15.2 Å². The molecule has 1 aromatic rings. The molecule has 2 nitrogen and oxygen atoms in total. The highest BCUT2D eigenvalue weighted by Gasteiger charge is 2.30. The Labute approximate surface area is 143 Å². The largest absolute Gasteiger partial charge is 0.232 e. The lowest BCUT2D eigenvalue weighted by Crippen LogP contribution is -2.33. The Kier molecular flexibility index (Phi) is 8.21. The third-order valence-corrected chi connectivity index (χ3v) is 5.42. The zero-order valence-corrected chi connectivity index (χ0v) is 16.2. The van der Waals surface area contributed by atoms with E-state index >= 15 is 0 Å². The van der Waals surface area contributed by atoms with Crippen LogP contribution in [0.3, 0.4) is 0 Å². The molecule has 21 heavy (non-hydrogen) atoms. The molecule has 1 unspecified atom stereocenters. The first-order valence-electron chi connectivity index (χ1n) is 8.37. The lowest BCUT2D eigenvalue weighted by atomic mass is 9.88. The molecule has 1 rings (SSSR count).